The third-order valence-electron chi connectivity index (χ3n) is 3.96. The minimum Gasteiger partial charge on any atom is -0.378 e. The molecule has 5 nitrogen and oxygen atoms in total. The number of nitrogens with zero attached hydrogens (tertiary/aromatic N) is 2. The van der Waals surface area contributed by atoms with Gasteiger partial charge >= 0.3 is 0 Å². The van der Waals surface area contributed by atoms with Gasteiger partial charge in [0.05, 0.1) is 0 Å². The second-order valence-corrected chi connectivity index (χ2v) is 5.65. The molecule has 0 bridgehead atoms. The Morgan fingerprint density at radius 2 is 2.11 bits per heavy atom. The predicted molar refractivity (Wildman–Crippen MR) is 66.5 cm³/mol. The lowest BCUT2D eigenvalue weighted by Crippen LogP contribution is -2.38. The molecule has 0 aromatic rings. The quantitative estimate of drug-likeness (QED) is 0.739. The average molecular weight is 254 g/mol. The molecule has 102 valence electrons. The lowest BCUT2D eigenvalue weighted by atomic mass is 10.1. The number of carbonyl (C=O) groups is 2. The number of rotatable bonds is 4. The first kappa shape index (κ1) is 13.5. The van der Waals surface area contributed by atoms with Gasteiger partial charge in [0.25, 0.3) is 0 Å². The van der Waals surface area contributed by atoms with Crippen molar-refractivity contribution in [1.29, 1.82) is 0 Å². The standard InChI is InChI=1S/C13H22N2O3/c1-9-3-5-14(8-9)11(16)4-6-15-12(17)7-10(2)13(15)18/h9-11,16H,3-8H2,1-2H3/t9-,10?,11?/m1/s1. The van der Waals surface area contributed by atoms with Crippen molar-refractivity contribution in [3.05, 3.63) is 0 Å². The molecule has 2 unspecified atom stereocenters. The first-order valence-electron chi connectivity index (χ1n) is 6.75. The number of likely N-dealkylation sites (tertiary alicyclic amines) is 2. The number of amides is 2. The predicted octanol–water partition coefficient (Wildman–Crippen LogP) is 0.432. The zero-order valence-corrected chi connectivity index (χ0v) is 11.1. The van der Waals surface area contributed by atoms with Gasteiger partial charge in [-0.1, -0.05) is 13.8 Å². The number of hydrogen-bond acceptors (Lipinski definition) is 4. The number of hydrogen-bond donors (Lipinski definition) is 1. The second-order valence-electron chi connectivity index (χ2n) is 5.65. The average Bonchev–Trinajstić information content (AvgIpc) is 2.83. The van der Waals surface area contributed by atoms with Crippen LogP contribution in [0.5, 0.6) is 0 Å². The van der Waals surface area contributed by atoms with E-state index < -0.39 is 6.23 Å². The molecule has 2 fully saturated rings. The maximum atomic E-state index is 11.7. The normalized spacial score (nSPS) is 31.4. The van der Waals surface area contributed by atoms with Crippen LogP contribution in [0.15, 0.2) is 0 Å². The fourth-order valence-corrected chi connectivity index (χ4v) is 2.75. The zero-order chi connectivity index (χ0) is 13.3. The highest BCUT2D eigenvalue weighted by molar-refractivity contribution is 6.03. The van der Waals surface area contributed by atoms with Gasteiger partial charge in [0, 0.05) is 38.4 Å². The SMILES string of the molecule is CC1CC(=O)N(CCC(O)N2CC[C@@H](C)C2)C1=O. The second kappa shape index (κ2) is 5.36. The van der Waals surface area contributed by atoms with E-state index in [0.717, 1.165) is 19.5 Å². The molecule has 5 heteroatoms. The van der Waals surface area contributed by atoms with Crippen molar-refractivity contribution in [1.82, 2.24) is 9.80 Å². The summed E-state index contributed by atoms with van der Waals surface area (Å²) in [5.41, 5.74) is 0. The van der Waals surface area contributed by atoms with Crippen LogP contribution in [0.3, 0.4) is 0 Å². The molecule has 2 rings (SSSR count). The molecule has 2 saturated heterocycles. The summed E-state index contributed by atoms with van der Waals surface area (Å²) in [5, 5.41) is 10.0. The van der Waals surface area contributed by atoms with Crippen molar-refractivity contribution in [3.8, 4) is 0 Å². The first-order valence-corrected chi connectivity index (χ1v) is 6.75. The van der Waals surface area contributed by atoms with Crippen molar-refractivity contribution in [2.75, 3.05) is 19.6 Å². The van der Waals surface area contributed by atoms with E-state index in [1.54, 1.807) is 6.92 Å². The summed E-state index contributed by atoms with van der Waals surface area (Å²) < 4.78 is 0. The van der Waals surface area contributed by atoms with Gasteiger partial charge in [-0.15, -0.1) is 0 Å². The van der Waals surface area contributed by atoms with Gasteiger partial charge in [-0.2, -0.15) is 0 Å². The molecule has 0 aliphatic carbocycles. The molecule has 0 aromatic heterocycles. The van der Waals surface area contributed by atoms with Crippen LogP contribution in [0.2, 0.25) is 0 Å². The van der Waals surface area contributed by atoms with Crippen LogP contribution >= 0.6 is 0 Å². The Morgan fingerprint density at radius 3 is 2.61 bits per heavy atom. The topological polar surface area (TPSA) is 60.9 Å². The summed E-state index contributed by atoms with van der Waals surface area (Å²) in [4.78, 5) is 26.6. The van der Waals surface area contributed by atoms with Gasteiger partial charge < -0.3 is 5.11 Å². The molecule has 1 N–H and O–H groups in total. The van der Waals surface area contributed by atoms with Crippen LogP contribution in [-0.4, -0.2) is 52.6 Å². The fraction of sp³-hybridized carbons (Fsp3) is 0.846. The molecule has 0 radical (unpaired) electrons. The van der Waals surface area contributed by atoms with Gasteiger partial charge in [-0.05, 0) is 12.3 Å². The summed E-state index contributed by atoms with van der Waals surface area (Å²) in [6.07, 6.45) is 1.34. The summed E-state index contributed by atoms with van der Waals surface area (Å²) in [7, 11) is 0. The maximum Gasteiger partial charge on any atom is 0.232 e. The van der Waals surface area contributed by atoms with E-state index in [0.29, 0.717) is 25.3 Å². The molecule has 0 saturated carbocycles. The Hall–Kier alpha value is -0.940. The molecule has 2 aliphatic rings. The molecular weight excluding hydrogens is 232 g/mol. The first-order chi connectivity index (χ1) is 8.49. The number of carbonyl (C=O) groups excluding carboxylic acids is 2. The monoisotopic (exact) mass is 254 g/mol. The van der Waals surface area contributed by atoms with Gasteiger partial charge in [0.2, 0.25) is 11.8 Å². The van der Waals surface area contributed by atoms with Crippen molar-refractivity contribution in [2.24, 2.45) is 11.8 Å². The number of aliphatic hydroxyl groups is 1. The van der Waals surface area contributed by atoms with Crippen molar-refractivity contribution >= 4 is 11.8 Å². The largest absolute Gasteiger partial charge is 0.378 e. The number of imide groups is 1. The highest BCUT2D eigenvalue weighted by Crippen LogP contribution is 2.21. The van der Waals surface area contributed by atoms with Crippen molar-refractivity contribution < 1.29 is 14.7 Å². The molecule has 3 atom stereocenters. The van der Waals surface area contributed by atoms with E-state index in [9.17, 15) is 14.7 Å². The van der Waals surface area contributed by atoms with E-state index >= 15 is 0 Å². The van der Waals surface area contributed by atoms with Crippen LogP contribution in [-0.2, 0) is 9.59 Å². The minimum atomic E-state index is -0.536. The van der Waals surface area contributed by atoms with Crippen LogP contribution in [0.1, 0.15) is 33.1 Å². The molecule has 2 heterocycles. The highest BCUT2D eigenvalue weighted by atomic mass is 16.3. The zero-order valence-electron chi connectivity index (χ0n) is 11.1. The van der Waals surface area contributed by atoms with E-state index in [4.69, 9.17) is 0 Å². The van der Waals surface area contributed by atoms with Crippen LogP contribution < -0.4 is 0 Å². The fourth-order valence-electron chi connectivity index (χ4n) is 2.75. The molecule has 2 amide bonds. The van der Waals surface area contributed by atoms with Crippen LogP contribution in [0.4, 0.5) is 0 Å². The maximum absolute atomic E-state index is 11.7. The molecule has 0 aromatic carbocycles. The third kappa shape index (κ3) is 2.72. The van der Waals surface area contributed by atoms with Gasteiger partial charge in [-0.25, -0.2) is 0 Å². The summed E-state index contributed by atoms with van der Waals surface area (Å²) in [6, 6.07) is 0. The Balaban J connectivity index is 1.81. The summed E-state index contributed by atoms with van der Waals surface area (Å²) >= 11 is 0. The lowest BCUT2D eigenvalue weighted by molar-refractivity contribution is -0.139. The van der Waals surface area contributed by atoms with E-state index in [-0.39, 0.29) is 17.7 Å². The van der Waals surface area contributed by atoms with Gasteiger partial charge in [-0.3, -0.25) is 19.4 Å². The molecular formula is C13H22N2O3. The summed E-state index contributed by atoms with van der Waals surface area (Å²) in [6.45, 7) is 6.09. The summed E-state index contributed by atoms with van der Waals surface area (Å²) in [5.74, 6) is 0.229. The molecule has 2 aliphatic heterocycles. The smallest absolute Gasteiger partial charge is 0.232 e. The minimum absolute atomic E-state index is 0.0954. The van der Waals surface area contributed by atoms with Crippen molar-refractivity contribution in [2.45, 2.75) is 39.3 Å². The Labute approximate surface area is 108 Å². The number of aliphatic hydroxyl groups excluding tert-OH is 1. The molecule has 0 spiro atoms. The van der Waals surface area contributed by atoms with Crippen LogP contribution in [0.25, 0.3) is 0 Å². The Morgan fingerprint density at radius 1 is 1.39 bits per heavy atom. The van der Waals surface area contributed by atoms with Gasteiger partial charge in [0.15, 0.2) is 0 Å². The van der Waals surface area contributed by atoms with E-state index in [1.165, 1.54) is 4.90 Å². The third-order valence-corrected chi connectivity index (χ3v) is 3.96. The highest BCUT2D eigenvalue weighted by Gasteiger charge is 2.35. The van der Waals surface area contributed by atoms with Crippen LogP contribution in [0, 0.1) is 11.8 Å². The molecule has 18 heavy (non-hydrogen) atoms. The van der Waals surface area contributed by atoms with E-state index in [2.05, 4.69) is 6.92 Å². The van der Waals surface area contributed by atoms with Crippen molar-refractivity contribution in [3.63, 3.8) is 0 Å². The lowest BCUT2D eigenvalue weighted by Gasteiger charge is -2.24. The van der Waals surface area contributed by atoms with E-state index in [1.807, 2.05) is 4.90 Å². The Bertz CT molecular complexity index is 345. The van der Waals surface area contributed by atoms with Gasteiger partial charge in [0.1, 0.15) is 6.23 Å². The Kier molecular flexibility index (Phi) is 4.02.